The Bertz CT molecular complexity index is 586. The Morgan fingerprint density at radius 3 is 2.63 bits per heavy atom. The molecule has 104 valence electrons. The van der Waals surface area contributed by atoms with E-state index in [1.807, 2.05) is 0 Å². The molecule has 1 saturated carbocycles. The Kier molecular flexibility index (Phi) is 3.90. The van der Waals surface area contributed by atoms with E-state index in [4.69, 9.17) is 17.3 Å². The lowest BCUT2D eigenvalue weighted by molar-refractivity contribution is 0.436. The fourth-order valence-corrected chi connectivity index (χ4v) is 3.90. The maximum Gasteiger partial charge on any atom is 0.243 e. The Morgan fingerprint density at radius 2 is 2.16 bits per heavy atom. The molecule has 0 heterocycles. The third kappa shape index (κ3) is 2.78. The molecular formula is C13H17ClN2O2S. The van der Waals surface area contributed by atoms with Crippen LogP contribution in [0.2, 0.25) is 5.02 Å². The molecule has 0 aromatic heterocycles. The topological polar surface area (TPSA) is 63.4 Å². The number of hydrogen-bond donors (Lipinski definition) is 1. The summed E-state index contributed by atoms with van der Waals surface area (Å²) < 4.78 is 26.6. The van der Waals surface area contributed by atoms with Crippen molar-refractivity contribution in [2.24, 2.45) is 0 Å². The predicted molar refractivity (Wildman–Crippen MR) is 77.7 cm³/mol. The zero-order valence-electron chi connectivity index (χ0n) is 10.8. The Balaban J connectivity index is 2.46. The summed E-state index contributed by atoms with van der Waals surface area (Å²) in [6.07, 6.45) is 3.37. The van der Waals surface area contributed by atoms with Crippen LogP contribution >= 0.6 is 11.6 Å². The van der Waals surface area contributed by atoms with E-state index in [1.165, 1.54) is 16.4 Å². The van der Waals surface area contributed by atoms with Gasteiger partial charge in [0.1, 0.15) is 0 Å². The van der Waals surface area contributed by atoms with Crippen molar-refractivity contribution in [3.8, 4) is 0 Å². The zero-order chi connectivity index (χ0) is 14.2. The highest BCUT2D eigenvalue weighted by Gasteiger charge is 2.37. The van der Waals surface area contributed by atoms with Crippen molar-refractivity contribution in [2.75, 3.05) is 12.3 Å². The van der Waals surface area contributed by atoms with Gasteiger partial charge in [-0.1, -0.05) is 17.7 Å². The molecular weight excluding hydrogens is 284 g/mol. The minimum absolute atomic E-state index is 0.0734. The van der Waals surface area contributed by atoms with Crippen molar-refractivity contribution >= 4 is 27.3 Å². The van der Waals surface area contributed by atoms with Crippen LogP contribution in [0.3, 0.4) is 0 Å². The highest BCUT2D eigenvalue weighted by molar-refractivity contribution is 7.89. The summed E-state index contributed by atoms with van der Waals surface area (Å²) in [5.74, 6) is 0. The molecule has 1 aliphatic carbocycles. The van der Waals surface area contributed by atoms with Gasteiger partial charge in [0.15, 0.2) is 0 Å². The van der Waals surface area contributed by atoms with Crippen LogP contribution in [0.25, 0.3) is 0 Å². The van der Waals surface area contributed by atoms with Gasteiger partial charge in [-0.15, -0.1) is 6.58 Å². The van der Waals surface area contributed by atoms with Crippen LogP contribution in [0.15, 0.2) is 29.7 Å². The van der Waals surface area contributed by atoms with Gasteiger partial charge in [0.05, 0.1) is 4.90 Å². The first-order valence-electron chi connectivity index (χ1n) is 6.06. The first-order valence-corrected chi connectivity index (χ1v) is 7.88. The predicted octanol–water partition coefficient (Wildman–Crippen LogP) is 2.57. The lowest BCUT2D eigenvalue weighted by Gasteiger charge is -2.21. The van der Waals surface area contributed by atoms with Crippen LogP contribution in [-0.4, -0.2) is 25.3 Å². The summed E-state index contributed by atoms with van der Waals surface area (Å²) in [5, 5.41) is 0.368. The van der Waals surface area contributed by atoms with E-state index in [0.717, 1.165) is 12.8 Å². The number of anilines is 1. The van der Waals surface area contributed by atoms with E-state index < -0.39 is 10.0 Å². The van der Waals surface area contributed by atoms with Crippen molar-refractivity contribution in [1.82, 2.24) is 4.31 Å². The SMILES string of the molecule is C=CCN(C1CC1)S(=O)(=O)c1cc(N)c(C)c(Cl)c1. The first-order chi connectivity index (χ1) is 8.87. The number of rotatable bonds is 5. The maximum atomic E-state index is 12.6. The quantitative estimate of drug-likeness (QED) is 0.671. The summed E-state index contributed by atoms with van der Waals surface area (Å²) in [7, 11) is -3.56. The number of halogens is 1. The van der Waals surface area contributed by atoms with Gasteiger partial charge in [-0.05, 0) is 37.5 Å². The third-order valence-corrected chi connectivity index (χ3v) is 5.52. The van der Waals surface area contributed by atoms with Gasteiger partial charge in [0.25, 0.3) is 0 Å². The number of benzene rings is 1. The number of nitrogen functional groups attached to an aromatic ring is 1. The maximum absolute atomic E-state index is 12.6. The van der Waals surface area contributed by atoms with E-state index in [1.54, 1.807) is 13.0 Å². The lowest BCUT2D eigenvalue weighted by atomic mass is 10.2. The molecule has 0 aliphatic heterocycles. The van der Waals surface area contributed by atoms with E-state index >= 15 is 0 Å². The number of hydrogen-bond acceptors (Lipinski definition) is 3. The minimum Gasteiger partial charge on any atom is -0.398 e. The minimum atomic E-state index is -3.56. The molecule has 0 amide bonds. The second-order valence-electron chi connectivity index (χ2n) is 4.71. The lowest BCUT2D eigenvalue weighted by Crippen LogP contribution is -2.33. The van der Waals surface area contributed by atoms with Gasteiger partial charge >= 0.3 is 0 Å². The summed E-state index contributed by atoms with van der Waals surface area (Å²) in [6.45, 7) is 5.67. The average Bonchev–Trinajstić information content (AvgIpc) is 3.16. The fourth-order valence-electron chi connectivity index (χ4n) is 1.89. The number of sulfonamides is 1. The van der Waals surface area contributed by atoms with Crippen molar-refractivity contribution in [1.29, 1.82) is 0 Å². The molecule has 1 aromatic rings. The molecule has 0 unspecified atom stereocenters. The number of nitrogens with two attached hydrogens (primary N) is 1. The highest BCUT2D eigenvalue weighted by atomic mass is 35.5. The van der Waals surface area contributed by atoms with Crippen LogP contribution in [0.4, 0.5) is 5.69 Å². The monoisotopic (exact) mass is 300 g/mol. The van der Waals surface area contributed by atoms with E-state index in [2.05, 4.69) is 6.58 Å². The van der Waals surface area contributed by atoms with Crippen molar-refractivity contribution < 1.29 is 8.42 Å². The average molecular weight is 301 g/mol. The second kappa shape index (κ2) is 5.15. The van der Waals surface area contributed by atoms with E-state index in [9.17, 15) is 8.42 Å². The molecule has 1 aromatic carbocycles. The Hall–Kier alpha value is -1.04. The Labute approximate surface area is 118 Å². The molecule has 0 radical (unpaired) electrons. The smallest absolute Gasteiger partial charge is 0.243 e. The molecule has 0 saturated heterocycles. The van der Waals surface area contributed by atoms with Crippen LogP contribution < -0.4 is 5.73 Å². The van der Waals surface area contributed by atoms with Crippen LogP contribution in [0.1, 0.15) is 18.4 Å². The van der Waals surface area contributed by atoms with Gasteiger partial charge in [-0.2, -0.15) is 4.31 Å². The molecule has 1 aliphatic rings. The van der Waals surface area contributed by atoms with Crippen molar-refractivity contribution in [3.05, 3.63) is 35.4 Å². The molecule has 6 heteroatoms. The van der Waals surface area contributed by atoms with E-state index in [0.29, 0.717) is 22.8 Å². The molecule has 2 N–H and O–H groups in total. The zero-order valence-corrected chi connectivity index (χ0v) is 12.3. The Morgan fingerprint density at radius 1 is 1.53 bits per heavy atom. The van der Waals surface area contributed by atoms with Gasteiger partial charge in [0.2, 0.25) is 10.0 Å². The summed E-state index contributed by atoms with van der Waals surface area (Å²) >= 11 is 6.02. The molecule has 4 nitrogen and oxygen atoms in total. The molecule has 0 spiro atoms. The highest BCUT2D eigenvalue weighted by Crippen LogP contribution is 2.34. The largest absolute Gasteiger partial charge is 0.398 e. The first kappa shape index (κ1) is 14.4. The summed E-state index contributed by atoms with van der Waals surface area (Å²) in [4.78, 5) is 0.148. The van der Waals surface area contributed by atoms with E-state index in [-0.39, 0.29) is 10.9 Å². The van der Waals surface area contributed by atoms with Gasteiger partial charge in [-0.25, -0.2) is 8.42 Å². The van der Waals surface area contributed by atoms with Crippen molar-refractivity contribution in [3.63, 3.8) is 0 Å². The van der Waals surface area contributed by atoms with Crippen molar-refractivity contribution in [2.45, 2.75) is 30.7 Å². The van der Waals surface area contributed by atoms with Gasteiger partial charge in [-0.3, -0.25) is 0 Å². The molecule has 0 atom stereocenters. The van der Waals surface area contributed by atoms with Crippen LogP contribution in [-0.2, 0) is 10.0 Å². The molecule has 0 bridgehead atoms. The van der Waals surface area contributed by atoms with Crippen LogP contribution in [0, 0.1) is 6.92 Å². The summed E-state index contributed by atoms with van der Waals surface area (Å²) in [5.41, 5.74) is 6.88. The second-order valence-corrected chi connectivity index (χ2v) is 7.01. The fraction of sp³-hybridized carbons (Fsp3) is 0.385. The molecule has 2 rings (SSSR count). The number of nitrogens with zero attached hydrogens (tertiary/aromatic N) is 1. The summed E-state index contributed by atoms with van der Waals surface area (Å²) in [6, 6.07) is 3.00. The van der Waals surface area contributed by atoms with Crippen LogP contribution in [0.5, 0.6) is 0 Å². The standard InChI is InChI=1S/C13H17ClN2O2S/c1-3-6-16(10-4-5-10)19(17,18)11-7-12(14)9(2)13(15)8-11/h3,7-8,10H,1,4-6,15H2,2H3. The molecule has 1 fully saturated rings. The van der Waals surface area contributed by atoms with Gasteiger partial charge in [0, 0.05) is 23.3 Å². The molecule has 19 heavy (non-hydrogen) atoms. The normalized spacial score (nSPS) is 15.7. The van der Waals surface area contributed by atoms with Gasteiger partial charge < -0.3 is 5.73 Å². The third-order valence-electron chi connectivity index (χ3n) is 3.23.